The number of halogens is 7. The van der Waals surface area contributed by atoms with Gasteiger partial charge in [-0.25, -0.2) is 8.42 Å². The van der Waals surface area contributed by atoms with Gasteiger partial charge in [0.25, 0.3) is 10.0 Å². The first-order valence-corrected chi connectivity index (χ1v) is 8.24. The van der Waals surface area contributed by atoms with E-state index in [2.05, 4.69) is 0 Å². The molecule has 2 aromatic rings. The summed E-state index contributed by atoms with van der Waals surface area (Å²) in [6, 6.07) is 5.13. The molecule has 0 amide bonds. The molecule has 0 aliphatic carbocycles. The van der Waals surface area contributed by atoms with Crippen LogP contribution in [0, 0.1) is 0 Å². The van der Waals surface area contributed by atoms with Crippen LogP contribution in [-0.4, -0.2) is 8.42 Å². The fourth-order valence-electron chi connectivity index (χ4n) is 1.91. The summed E-state index contributed by atoms with van der Waals surface area (Å²) in [6.07, 6.45) is -9.64. The minimum Gasteiger partial charge on any atom is -0.278 e. The molecular weight excluding hydrogens is 396 g/mol. The van der Waals surface area contributed by atoms with Crippen molar-refractivity contribution < 1.29 is 34.8 Å². The highest BCUT2D eigenvalue weighted by atomic mass is 35.5. The van der Waals surface area contributed by atoms with Gasteiger partial charge in [0.1, 0.15) is 0 Å². The van der Waals surface area contributed by atoms with E-state index in [-0.39, 0.29) is 0 Å². The number of nitrogens with one attached hydrogen (secondary N) is 1. The summed E-state index contributed by atoms with van der Waals surface area (Å²) < 4.78 is 103. The van der Waals surface area contributed by atoms with Crippen LogP contribution < -0.4 is 4.72 Å². The predicted molar refractivity (Wildman–Crippen MR) is 78.7 cm³/mol. The number of hydrogen-bond donors (Lipinski definition) is 1. The molecule has 0 saturated heterocycles. The Morgan fingerprint density at radius 2 is 1.48 bits per heavy atom. The lowest BCUT2D eigenvalue weighted by molar-refractivity contribution is -0.140. The summed E-state index contributed by atoms with van der Waals surface area (Å²) in [5.41, 5.74) is -3.02. The van der Waals surface area contributed by atoms with Crippen molar-refractivity contribution in [3.63, 3.8) is 0 Å². The maximum atomic E-state index is 12.9. The Morgan fingerprint density at radius 3 is 2.00 bits per heavy atom. The molecule has 2 rings (SSSR count). The van der Waals surface area contributed by atoms with E-state index in [1.54, 1.807) is 4.72 Å². The number of hydrogen-bond acceptors (Lipinski definition) is 2. The first kappa shape index (κ1) is 19.4. The standard InChI is InChI=1S/C14H8ClF6NO2S/c15-10-7-8(13(16,17)18)5-6-11(10)22-25(23,24)12-4-2-1-3-9(12)14(19,20)21/h1-7,22H. The van der Waals surface area contributed by atoms with Crippen molar-refractivity contribution in [2.75, 3.05) is 4.72 Å². The van der Waals surface area contributed by atoms with Crippen LogP contribution in [-0.2, 0) is 22.4 Å². The molecule has 0 spiro atoms. The molecule has 0 saturated carbocycles. The molecule has 25 heavy (non-hydrogen) atoms. The molecule has 3 nitrogen and oxygen atoms in total. The van der Waals surface area contributed by atoms with Gasteiger partial charge < -0.3 is 0 Å². The first-order chi connectivity index (χ1) is 11.3. The predicted octanol–water partition coefficient (Wildman–Crippen LogP) is 5.18. The van der Waals surface area contributed by atoms with E-state index in [9.17, 15) is 34.8 Å². The molecule has 2 aromatic carbocycles. The average Bonchev–Trinajstić information content (AvgIpc) is 2.47. The fourth-order valence-corrected chi connectivity index (χ4v) is 3.50. The normalized spacial score (nSPS) is 12.9. The number of benzene rings is 2. The summed E-state index contributed by atoms with van der Waals surface area (Å²) in [6.45, 7) is 0. The van der Waals surface area contributed by atoms with E-state index < -0.39 is 49.1 Å². The molecule has 0 aromatic heterocycles. The Bertz CT molecular complexity index is 893. The second-order valence-corrected chi connectivity index (χ2v) is 6.85. The van der Waals surface area contributed by atoms with Crippen LogP contribution >= 0.6 is 11.6 Å². The summed E-state index contributed by atoms with van der Waals surface area (Å²) in [5, 5.41) is -0.608. The minimum atomic E-state index is -4.94. The molecule has 0 unspecified atom stereocenters. The van der Waals surface area contributed by atoms with Gasteiger partial charge in [-0.1, -0.05) is 23.7 Å². The number of rotatable bonds is 3. The van der Waals surface area contributed by atoms with Crippen molar-refractivity contribution in [3.8, 4) is 0 Å². The van der Waals surface area contributed by atoms with Gasteiger partial charge in [-0.05, 0) is 30.3 Å². The Labute approximate surface area is 143 Å². The van der Waals surface area contributed by atoms with E-state index in [4.69, 9.17) is 11.6 Å². The molecule has 1 N–H and O–H groups in total. The van der Waals surface area contributed by atoms with Gasteiger partial charge in [-0.3, -0.25) is 4.72 Å². The van der Waals surface area contributed by atoms with E-state index >= 15 is 0 Å². The second kappa shape index (κ2) is 6.41. The topological polar surface area (TPSA) is 46.2 Å². The molecule has 0 aliphatic heterocycles. The maximum absolute atomic E-state index is 12.9. The van der Waals surface area contributed by atoms with Crippen molar-refractivity contribution >= 4 is 27.3 Å². The molecule has 136 valence electrons. The molecule has 0 aliphatic rings. The third-order valence-electron chi connectivity index (χ3n) is 3.02. The van der Waals surface area contributed by atoms with E-state index in [0.29, 0.717) is 18.2 Å². The van der Waals surface area contributed by atoms with E-state index in [1.807, 2.05) is 0 Å². The van der Waals surface area contributed by atoms with Crippen LogP contribution in [0.25, 0.3) is 0 Å². The molecule has 0 bridgehead atoms. The van der Waals surface area contributed by atoms with Crippen molar-refractivity contribution in [3.05, 3.63) is 58.6 Å². The van der Waals surface area contributed by atoms with Crippen LogP contribution in [0.4, 0.5) is 32.0 Å². The quantitative estimate of drug-likeness (QED) is 0.718. The molecule has 11 heteroatoms. The van der Waals surface area contributed by atoms with Crippen LogP contribution in [0.15, 0.2) is 47.4 Å². The number of anilines is 1. The monoisotopic (exact) mass is 403 g/mol. The van der Waals surface area contributed by atoms with Gasteiger partial charge >= 0.3 is 12.4 Å². The lowest BCUT2D eigenvalue weighted by atomic mass is 10.2. The molecular formula is C14H8ClF6NO2S. The zero-order valence-corrected chi connectivity index (χ0v) is 13.5. The Morgan fingerprint density at radius 1 is 0.880 bits per heavy atom. The minimum absolute atomic E-state index is 0.467. The lowest BCUT2D eigenvalue weighted by Crippen LogP contribution is -2.19. The van der Waals surface area contributed by atoms with E-state index in [0.717, 1.165) is 24.3 Å². The van der Waals surface area contributed by atoms with E-state index in [1.165, 1.54) is 0 Å². The third kappa shape index (κ3) is 4.37. The Kier molecular flexibility index (Phi) is 4.97. The molecule has 0 radical (unpaired) electrons. The third-order valence-corrected chi connectivity index (χ3v) is 4.76. The maximum Gasteiger partial charge on any atom is 0.417 e. The van der Waals surface area contributed by atoms with Gasteiger partial charge in [-0.2, -0.15) is 26.3 Å². The van der Waals surface area contributed by atoms with Crippen molar-refractivity contribution in [1.82, 2.24) is 0 Å². The van der Waals surface area contributed by atoms with Gasteiger partial charge in [0, 0.05) is 0 Å². The number of alkyl halides is 6. The summed E-state index contributed by atoms with van der Waals surface area (Å²) in [5.74, 6) is 0. The average molecular weight is 404 g/mol. The first-order valence-electron chi connectivity index (χ1n) is 6.38. The highest BCUT2D eigenvalue weighted by Gasteiger charge is 2.37. The molecule has 0 heterocycles. The van der Waals surface area contributed by atoms with Crippen molar-refractivity contribution in [2.45, 2.75) is 17.2 Å². The zero-order chi connectivity index (χ0) is 19.0. The SMILES string of the molecule is O=S(=O)(Nc1ccc(C(F)(F)F)cc1Cl)c1ccccc1C(F)(F)F. The fraction of sp³-hybridized carbons (Fsp3) is 0.143. The molecule has 0 atom stereocenters. The largest absolute Gasteiger partial charge is 0.417 e. The van der Waals surface area contributed by atoms with Gasteiger partial charge in [0.05, 0.1) is 26.7 Å². The van der Waals surface area contributed by atoms with Crippen LogP contribution in [0.2, 0.25) is 5.02 Å². The Hall–Kier alpha value is -1.94. The molecule has 0 fully saturated rings. The van der Waals surface area contributed by atoms with Crippen LogP contribution in [0.5, 0.6) is 0 Å². The van der Waals surface area contributed by atoms with Crippen molar-refractivity contribution in [2.24, 2.45) is 0 Å². The smallest absolute Gasteiger partial charge is 0.278 e. The van der Waals surface area contributed by atoms with Gasteiger partial charge in [-0.15, -0.1) is 0 Å². The highest BCUT2D eigenvalue weighted by Crippen LogP contribution is 2.37. The van der Waals surface area contributed by atoms with Crippen molar-refractivity contribution in [1.29, 1.82) is 0 Å². The van der Waals surface area contributed by atoms with Gasteiger partial charge in [0.15, 0.2) is 0 Å². The summed E-state index contributed by atoms with van der Waals surface area (Å²) in [7, 11) is -4.73. The summed E-state index contributed by atoms with van der Waals surface area (Å²) in [4.78, 5) is -1.07. The van der Waals surface area contributed by atoms with Gasteiger partial charge in [0.2, 0.25) is 0 Å². The number of sulfonamides is 1. The zero-order valence-electron chi connectivity index (χ0n) is 11.9. The Balaban J connectivity index is 2.45. The lowest BCUT2D eigenvalue weighted by Gasteiger charge is -2.15. The second-order valence-electron chi connectivity index (χ2n) is 4.79. The summed E-state index contributed by atoms with van der Waals surface area (Å²) >= 11 is 5.61. The highest BCUT2D eigenvalue weighted by molar-refractivity contribution is 7.92. The van der Waals surface area contributed by atoms with Crippen LogP contribution in [0.3, 0.4) is 0 Å². The van der Waals surface area contributed by atoms with Crippen LogP contribution in [0.1, 0.15) is 11.1 Å².